The van der Waals surface area contributed by atoms with Crippen LogP contribution in [0.1, 0.15) is 74.7 Å². The van der Waals surface area contributed by atoms with Crippen LogP contribution in [-0.4, -0.2) is 15.7 Å². The van der Waals surface area contributed by atoms with E-state index in [2.05, 4.69) is 69.1 Å². The third kappa shape index (κ3) is 3.30. The Morgan fingerprint density at radius 2 is 1.74 bits per heavy atom. The van der Waals surface area contributed by atoms with Crippen LogP contribution in [0.4, 0.5) is 0 Å². The summed E-state index contributed by atoms with van der Waals surface area (Å²) in [4.78, 5) is 14.9. The first-order valence-corrected chi connectivity index (χ1v) is 13.9. The topological polar surface area (TPSA) is 41.0 Å². The minimum Gasteiger partial charge on any atom is -0.345 e. The summed E-state index contributed by atoms with van der Waals surface area (Å²) in [7, 11) is 0. The highest BCUT2D eigenvalue weighted by molar-refractivity contribution is 7.22. The number of hydrogen-bond acceptors (Lipinski definition) is 3. The number of nitrogens with one attached hydrogen (secondary N) is 1. The van der Waals surface area contributed by atoms with Crippen molar-refractivity contribution in [1.29, 1.82) is 0 Å². The highest BCUT2D eigenvalue weighted by Gasteiger charge is 2.28. The molecule has 0 atom stereocenters. The van der Waals surface area contributed by atoms with E-state index in [0.717, 1.165) is 43.6 Å². The van der Waals surface area contributed by atoms with Crippen LogP contribution < -0.4 is 0 Å². The second-order valence-electron chi connectivity index (χ2n) is 11.0. The standard InChI is InChI=1S/C31H31N3S/c1-16(2)27-15-24-22-9-6-20-14-28(35-30(20)23(22)10-12-25(24)32-27)19-5-8-21-18(13-19)7-11-26-29(21)34-31(33-26)17(3)4/h5-6,8-9,13-14,16-17H,7,10-12,15H2,1-4H3,(H,33,34). The maximum absolute atomic E-state index is 5.00. The highest BCUT2D eigenvalue weighted by Crippen LogP contribution is 2.45. The Balaban J connectivity index is 1.26. The normalized spacial score (nSPS) is 16.6. The number of aromatic amines is 1. The summed E-state index contributed by atoms with van der Waals surface area (Å²) in [6, 6.07) is 14.1. The lowest BCUT2D eigenvalue weighted by atomic mass is 9.86. The second-order valence-corrected chi connectivity index (χ2v) is 12.0. The van der Waals surface area contributed by atoms with E-state index >= 15 is 0 Å². The molecular weight excluding hydrogens is 446 g/mol. The monoisotopic (exact) mass is 477 g/mol. The lowest BCUT2D eigenvalue weighted by Gasteiger charge is -2.18. The van der Waals surface area contributed by atoms with Crippen LogP contribution in [0.2, 0.25) is 0 Å². The summed E-state index contributed by atoms with van der Waals surface area (Å²) in [5.74, 6) is 2.06. The molecule has 0 bridgehead atoms. The summed E-state index contributed by atoms with van der Waals surface area (Å²) in [6.07, 6.45) is 5.33. The van der Waals surface area contributed by atoms with Gasteiger partial charge < -0.3 is 4.98 Å². The Hall–Kier alpha value is -2.98. The van der Waals surface area contributed by atoms with Crippen LogP contribution in [0.15, 0.2) is 47.1 Å². The quantitative estimate of drug-likeness (QED) is 0.316. The highest BCUT2D eigenvalue weighted by atomic mass is 32.1. The van der Waals surface area contributed by atoms with E-state index in [4.69, 9.17) is 9.98 Å². The van der Waals surface area contributed by atoms with Gasteiger partial charge in [0.15, 0.2) is 0 Å². The Labute approximate surface area is 211 Å². The molecule has 3 aliphatic rings. The third-order valence-corrected chi connectivity index (χ3v) is 9.27. The number of imidazole rings is 1. The maximum Gasteiger partial charge on any atom is 0.109 e. The van der Waals surface area contributed by atoms with Gasteiger partial charge in [-0.25, -0.2) is 4.98 Å². The molecule has 1 aliphatic heterocycles. The number of aromatic nitrogens is 2. The van der Waals surface area contributed by atoms with Gasteiger partial charge in [0.1, 0.15) is 5.82 Å². The Kier molecular flexibility index (Phi) is 4.73. The molecule has 4 heteroatoms. The summed E-state index contributed by atoms with van der Waals surface area (Å²) in [5, 5.41) is 1.38. The maximum atomic E-state index is 5.00. The molecule has 0 unspecified atom stereocenters. The van der Waals surface area contributed by atoms with Crippen molar-refractivity contribution in [1.82, 2.24) is 9.97 Å². The van der Waals surface area contributed by atoms with Crippen LogP contribution in [0.3, 0.4) is 0 Å². The average molecular weight is 478 g/mol. The predicted octanol–water partition coefficient (Wildman–Crippen LogP) is 8.34. The summed E-state index contributed by atoms with van der Waals surface area (Å²) >= 11 is 1.97. The molecule has 4 aromatic rings. The SMILES string of the molecule is CC(C)C1=NC2=C(C1)c1ccc3cc(-c4ccc5c(c4)CCc4[nH]c(C(C)C)nc4-5)sc3c1CC2. The largest absolute Gasteiger partial charge is 0.345 e. The lowest BCUT2D eigenvalue weighted by molar-refractivity contribution is 0.787. The first-order valence-electron chi connectivity index (χ1n) is 13.0. The molecule has 0 spiro atoms. The molecule has 0 saturated heterocycles. The van der Waals surface area contributed by atoms with Crippen molar-refractivity contribution < 1.29 is 0 Å². The fraction of sp³-hybridized carbons (Fsp3) is 0.355. The minimum atomic E-state index is 0.424. The predicted molar refractivity (Wildman–Crippen MR) is 148 cm³/mol. The summed E-state index contributed by atoms with van der Waals surface area (Å²) < 4.78 is 1.47. The molecule has 0 radical (unpaired) electrons. The van der Waals surface area contributed by atoms with E-state index in [0.29, 0.717) is 11.8 Å². The van der Waals surface area contributed by atoms with Gasteiger partial charge >= 0.3 is 0 Å². The first-order chi connectivity index (χ1) is 17.0. The van der Waals surface area contributed by atoms with E-state index in [1.54, 1.807) is 0 Å². The zero-order valence-corrected chi connectivity index (χ0v) is 21.8. The van der Waals surface area contributed by atoms with Crippen molar-refractivity contribution in [3.8, 4) is 21.7 Å². The number of nitrogens with zero attached hydrogens (tertiary/aromatic N) is 2. The minimum absolute atomic E-state index is 0.424. The number of fused-ring (bicyclic) bond motifs is 7. The van der Waals surface area contributed by atoms with Gasteiger partial charge in [-0.05, 0) is 76.9 Å². The number of H-pyrrole nitrogens is 1. The van der Waals surface area contributed by atoms with Gasteiger partial charge in [0.2, 0.25) is 0 Å². The molecule has 7 rings (SSSR count). The Bertz CT molecular complexity index is 1570. The molecule has 2 aromatic carbocycles. The smallest absolute Gasteiger partial charge is 0.109 e. The van der Waals surface area contributed by atoms with E-state index < -0.39 is 0 Å². The Morgan fingerprint density at radius 3 is 2.57 bits per heavy atom. The second kappa shape index (κ2) is 7.76. The molecule has 176 valence electrons. The third-order valence-electron chi connectivity index (χ3n) is 8.01. The Morgan fingerprint density at radius 1 is 0.886 bits per heavy atom. The van der Waals surface area contributed by atoms with Crippen molar-refractivity contribution in [3.63, 3.8) is 0 Å². The van der Waals surface area contributed by atoms with Crippen LogP contribution >= 0.6 is 11.3 Å². The zero-order chi connectivity index (χ0) is 23.8. The van der Waals surface area contributed by atoms with E-state index in [-0.39, 0.29) is 0 Å². The number of benzene rings is 2. The van der Waals surface area contributed by atoms with Gasteiger partial charge in [0, 0.05) is 44.6 Å². The average Bonchev–Trinajstić information content (AvgIpc) is 3.59. The van der Waals surface area contributed by atoms with Crippen LogP contribution in [0.5, 0.6) is 0 Å². The number of allylic oxidation sites excluding steroid dienone is 2. The van der Waals surface area contributed by atoms with E-state index in [1.807, 2.05) is 11.3 Å². The molecule has 2 aliphatic carbocycles. The van der Waals surface area contributed by atoms with Crippen molar-refractivity contribution in [2.24, 2.45) is 10.9 Å². The van der Waals surface area contributed by atoms with Crippen LogP contribution in [-0.2, 0) is 19.3 Å². The summed E-state index contributed by atoms with van der Waals surface area (Å²) in [6.45, 7) is 8.94. The van der Waals surface area contributed by atoms with E-state index in [1.165, 1.54) is 65.5 Å². The zero-order valence-electron chi connectivity index (χ0n) is 21.0. The van der Waals surface area contributed by atoms with Gasteiger partial charge in [-0.2, -0.15) is 0 Å². The molecule has 3 heterocycles. The fourth-order valence-corrected chi connectivity index (χ4v) is 7.21. The molecule has 0 fully saturated rings. The lowest BCUT2D eigenvalue weighted by Crippen LogP contribution is -2.05. The van der Waals surface area contributed by atoms with Gasteiger partial charge in [-0.1, -0.05) is 52.0 Å². The fourth-order valence-electron chi connectivity index (χ4n) is 5.98. The first kappa shape index (κ1) is 21.3. The molecule has 3 nitrogen and oxygen atoms in total. The van der Waals surface area contributed by atoms with Gasteiger partial charge in [-0.3, -0.25) is 4.99 Å². The van der Waals surface area contributed by atoms with Crippen LogP contribution in [0, 0.1) is 5.92 Å². The van der Waals surface area contributed by atoms with Crippen molar-refractivity contribution in [3.05, 3.63) is 70.3 Å². The molecule has 35 heavy (non-hydrogen) atoms. The number of aliphatic imine (C=N–C) groups is 1. The van der Waals surface area contributed by atoms with Crippen molar-refractivity contribution in [2.75, 3.05) is 0 Å². The molecule has 2 aromatic heterocycles. The van der Waals surface area contributed by atoms with E-state index in [9.17, 15) is 0 Å². The number of hydrogen-bond donors (Lipinski definition) is 1. The van der Waals surface area contributed by atoms with Gasteiger partial charge in [-0.15, -0.1) is 11.3 Å². The molecule has 0 saturated carbocycles. The van der Waals surface area contributed by atoms with Crippen LogP contribution in [0.25, 0.3) is 37.4 Å². The van der Waals surface area contributed by atoms with Crippen molar-refractivity contribution >= 4 is 32.7 Å². The van der Waals surface area contributed by atoms with Gasteiger partial charge in [0.05, 0.1) is 5.69 Å². The number of rotatable bonds is 3. The van der Waals surface area contributed by atoms with Crippen molar-refractivity contribution in [2.45, 2.75) is 65.7 Å². The number of thiophene rings is 1. The molecular formula is C31H31N3S. The van der Waals surface area contributed by atoms with Gasteiger partial charge in [0.25, 0.3) is 0 Å². The summed E-state index contributed by atoms with van der Waals surface area (Å²) in [5.41, 5.74) is 13.7. The molecule has 0 amide bonds. The number of aryl methyl sites for hydroxylation is 3. The molecule has 1 N–H and O–H groups in total.